The Morgan fingerprint density at radius 2 is 1.97 bits per heavy atom. The summed E-state index contributed by atoms with van der Waals surface area (Å²) in [7, 11) is 0. The number of aromatic nitrogens is 1. The summed E-state index contributed by atoms with van der Waals surface area (Å²) in [4.78, 5) is 32.9. The van der Waals surface area contributed by atoms with Gasteiger partial charge in [-0.3, -0.25) is 20.0 Å². The fraction of sp³-hybridized carbons (Fsp3) is 0.308. The van der Waals surface area contributed by atoms with E-state index in [1.165, 1.54) is 28.5 Å². The van der Waals surface area contributed by atoms with E-state index in [-0.39, 0.29) is 43.4 Å². The van der Waals surface area contributed by atoms with E-state index in [1.807, 2.05) is 30.3 Å². The Hall–Kier alpha value is -3.67. The van der Waals surface area contributed by atoms with Crippen molar-refractivity contribution in [1.29, 1.82) is 5.41 Å². The molecule has 1 unspecified atom stereocenters. The lowest BCUT2D eigenvalue weighted by molar-refractivity contribution is -0.152. The topological polar surface area (TPSA) is 131 Å². The lowest BCUT2D eigenvalue weighted by atomic mass is 10.1. The molecule has 0 saturated carbocycles. The molecule has 11 heteroatoms. The van der Waals surface area contributed by atoms with E-state index < -0.39 is 23.6 Å². The van der Waals surface area contributed by atoms with Crippen molar-refractivity contribution < 1.29 is 23.5 Å². The largest absolute Gasteiger partial charge is 0.384 e. The van der Waals surface area contributed by atoms with Gasteiger partial charge in [0, 0.05) is 34.0 Å². The van der Waals surface area contributed by atoms with Crippen molar-refractivity contribution in [3.8, 4) is 11.1 Å². The average molecular weight is 524 g/mol. The Balaban J connectivity index is 1.30. The minimum atomic E-state index is -1.05. The number of rotatable bonds is 7. The van der Waals surface area contributed by atoms with Crippen LogP contribution in [-0.4, -0.2) is 59.1 Å². The molecule has 2 aromatic heterocycles. The van der Waals surface area contributed by atoms with Crippen molar-refractivity contribution in [1.82, 2.24) is 15.2 Å². The monoisotopic (exact) mass is 523 g/mol. The number of nitrogen functional groups attached to an aromatic ring is 1. The predicted octanol–water partition coefficient (Wildman–Crippen LogP) is 2.44. The fourth-order valence-corrected chi connectivity index (χ4v) is 5.40. The zero-order chi connectivity index (χ0) is 26.0. The van der Waals surface area contributed by atoms with E-state index in [0.29, 0.717) is 24.3 Å². The number of nitrogens with two attached hydrogens (primary N) is 1. The number of nitrogens with zero attached hydrogens (tertiary/aromatic N) is 2. The van der Waals surface area contributed by atoms with Crippen molar-refractivity contribution in [2.24, 2.45) is 5.73 Å². The van der Waals surface area contributed by atoms with Crippen LogP contribution in [0.2, 0.25) is 0 Å². The standard InChI is InChI=1S/C26H26FN5O4S/c27-20-9-17(16-4-2-1-3-5-16)12-30-21(20)10-23(33)32-15-26(35-6-7-36-26)11-22(32)25(34)31-13-19-8-18(14-37-19)24(28)29/h1-5,8-9,12,14,22H,6-7,10-11,13,15H2,(H3,28,29)(H,31,34). The molecular formula is C26H26FN5O4S. The van der Waals surface area contributed by atoms with E-state index in [1.54, 1.807) is 11.4 Å². The number of amides is 2. The summed E-state index contributed by atoms with van der Waals surface area (Å²) in [6, 6.07) is 11.5. The molecule has 0 bridgehead atoms. The minimum Gasteiger partial charge on any atom is -0.384 e. The first kappa shape index (κ1) is 25.0. The molecule has 1 spiro atoms. The molecule has 192 valence electrons. The van der Waals surface area contributed by atoms with Crippen molar-refractivity contribution in [2.45, 2.75) is 31.2 Å². The zero-order valence-corrected chi connectivity index (χ0v) is 20.7. The SMILES string of the molecule is N=C(N)c1csc(CNC(=O)C2CC3(CN2C(=O)Cc2ncc(-c4ccccc4)cc2F)OCCO3)c1. The molecule has 37 heavy (non-hydrogen) atoms. The molecule has 0 aliphatic carbocycles. The van der Waals surface area contributed by atoms with Gasteiger partial charge in [-0.05, 0) is 17.7 Å². The molecule has 2 aliphatic heterocycles. The van der Waals surface area contributed by atoms with Gasteiger partial charge in [-0.25, -0.2) is 4.39 Å². The number of ether oxygens (including phenoxy) is 2. The summed E-state index contributed by atoms with van der Waals surface area (Å²) >= 11 is 1.38. The highest BCUT2D eigenvalue weighted by Gasteiger charge is 2.52. The molecule has 1 atom stereocenters. The molecule has 1 aromatic carbocycles. The van der Waals surface area contributed by atoms with E-state index >= 15 is 0 Å². The van der Waals surface area contributed by atoms with Crippen LogP contribution in [0.4, 0.5) is 4.39 Å². The molecule has 9 nitrogen and oxygen atoms in total. The van der Waals surface area contributed by atoms with Gasteiger partial charge in [0.15, 0.2) is 5.79 Å². The fourth-order valence-electron chi connectivity index (χ4n) is 4.58. The Kier molecular flexibility index (Phi) is 7.00. The average Bonchev–Trinajstić information content (AvgIpc) is 3.65. The van der Waals surface area contributed by atoms with Crippen LogP contribution < -0.4 is 11.1 Å². The lowest BCUT2D eigenvalue weighted by Gasteiger charge is -2.24. The maximum atomic E-state index is 14.9. The third-order valence-electron chi connectivity index (χ3n) is 6.47. The van der Waals surface area contributed by atoms with Crippen LogP contribution >= 0.6 is 11.3 Å². The second kappa shape index (κ2) is 10.4. The summed E-state index contributed by atoms with van der Waals surface area (Å²) in [6.45, 7) is 1.04. The Labute approximate surface area is 216 Å². The maximum Gasteiger partial charge on any atom is 0.243 e. The van der Waals surface area contributed by atoms with E-state index in [9.17, 15) is 14.0 Å². The molecule has 2 amide bonds. The van der Waals surface area contributed by atoms with E-state index in [2.05, 4.69) is 10.3 Å². The minimum absolute atomic E-state index is 0.00777. The van der Waals surface area contributed by atoms with Crippen LogP contribution in [0.25, 0.3) is 11.1 Å². The quantitative estimate of drug-likeness (QED) is 0.322. The van der Waals surface area contributed by atoms with Gasteiger partial charge >= 0.3 is 0 Å². The first-order valence-electron chi connectivity index (χ1n) is 11.8. The molecule has 2 fully saturated rings. The van der Waals surface area contributed by atoms with E-state index in [4.69, 9.17) is 20.6 Å². The maximum absolute atomic E-state index is 14.9. The molecule has 4 N–H and O–H groups in total. The first-order chi connectivity index (χ1) is 17.8. The second-order valence-electron chi connectivity index (χ2n) is 8.98. The van der Waals surface area contributed by atoms with Crippen LogP contribution in [0.3, 0.4) is 0 Å². The number of thiophene rings is 1. The molecule has 0 radical (unpaired) electrons. The van der Waals surface area contributed by atoms with Crippen LogP contribution in [-0.2, 0) is 32.0 Å². The number of halogens is 1. The number of likely N-dealkylation sites (tertiary alicyclic amines) is 1. The highest BCUT2D eigenvalue weighted by Crippen LogP contribution is 2.35. The third-order valence-corrected chi connectivity index (χ3v) is 7.41. The number of amidine groups is 1. The zero-order valence-electron chi connectivity index (χ0n) is 19.9. The highest BCUT2D eigenvalue weighted by atomic mass is 32.1. The summed E-state index contributed by atoms with van der Waals surface area (Å²) in [5, 5.41) is 12.1. The summed E-state index contributed by atoms with van der Waals surface area (Å²) < 4.78 is 26.5. The number of carbonyl (C=O) groups is 2. The van der Waals surface area contributed by atoms with Crippen molar-refractivity contribution >= 4 is 29.0 Å². The number of hydrogen-bond acceptors (Lipinski definition) is 7. The third kappa shape index (κ3) is 5.38. The molecule has 2 saturated heterocycles. The Morgan fingerprint density at radius 1 is 1.22 bits per heavy atom. The van der Waals surface area contributed by atoms with E-state index in [0.717, 1.165) is 10.4 Å². The van der Waals surface area contributed by atoms with Gasteiger partial charge in [-0.15, -0.1) is 11.3 Å². The van der Waals surface area contributed by atoms with Crippen molar-refractivity contribution in [3.05, 3.63) is 76.0 Å². The number of nitrogens with one attached hydrogen (secondary N) is 2. The van der Waals surface area contributed by atoms with Crippen LogP contribution in [0.15, 0.2) is 54.0 Å². The Morgan fingerprint density at radius 3 is 2.65 bits per heavy atom. The van der Waals surface area contributed by atoms with Gasteiger partial charge in [0.05, 0.1) is 38.4 Å². The van der Waals surface area contributed by atoms with Crippen LogP contribution in [0, 0.1) is 11.2 Å². The number of carbonyl (C=O) groups excluding carboxylic acids is 2. The molecular weight excluding hydrogens is 497 g/mol. The van der Waals surface area contributed by atoms with Gasteiger partial charge in [0.2, 0.25) is 11.8 Å². The van der Waals surface area contributed by atoms with Crippen molar-refractivity contribution in [2.75, 3.05) is 19.8 Å². The summed E-state index contributed by atoms with van der Waals surface area (Å²) in [6.07, 6.45) is 1.42. The van der Waals surface area contributed by atoms with Gasteiger partial charge in [-0.2, -0.15) is 0 Å². The summed E-state index contributed by atoms with van der Waals surface area (Å²) in [5.74, 6) is -2.49. The van der Waals surface area contributed by atoms with Gasteiger partial charge < -0.3 is 25.4 Å². The molecule has 2 aliphatic rings. The van der Waals surface area contributed by atoms with Gasteiger partial charge in [-0.1, -0.05) is 30.3 Å². The first-order valence-corrected chi connectivity index (χ1v) is 12.7. The Bertz CT molecular complexity index is 1330. The normalized spacial score (nSPS) is 18.3. The smallest absolute Gasteiger partial charge is 0.243 e. The number of hydrogen-bond donors (Lipinski definition) is 3. The van der Waals surface area contributed by atoms with Gasteiger partial charge in [0.1, 0.15) is 17.7 Å². The highest BCUT2D eigenvalue weighted by molar-refractivity contribution is 7.10. The second-order valence-corrected chi connectivity index (χ2v) is 9.97. The molecule has 3 aromatic rings. The number of pyridine rings is 1. The molecule has 4 heterocycles. The van der Waals surface area contributed by atoms with Crippen LogP contribution in [0.5, 0.6) is 0 Å². The van der Waals surface area contributed by atoms with Gasteiger partial charge in [0.25, 0.3) is 0 Å². The number of benzene rings is 1. The lowest BCUT2D eigenvalue weighted by Crippen LogP contribution is -2.46. The summed E-state index contributed by atoms with van der Waals surface area (Å²) in [5.41, 5.74) is 7.54. The molecule has 5 rings (SSSR count). The van der Waals surface area contributed by atoms with Crippen LogP contribution in [0.1, 0.15) is 22.6 Å². The predicted molar refractivity (Wildman–Crippen MR) is 135 cm³/mol. The van der Waals surface area contributed by atoms with Crippen molar-refractivity contribution in [3.63, 3.8) is 0 Å².